The van der Waals surface area contributed by atoms with Gasteiger partial charge in [0, 0.05) is 23.4 Å². The lowest BCUT2D eigenvalue weighted by Gasteiger charge is -2.11. The fourth-order valence-corrected chi connectivity index (χ4v) is 2.03. The predicted molar refractivity (Wildman–Crippen MR) is 60.5 cm³/mol. The van der Waals surface area contributed by atoms with Gasteiger partial charge < -0.3 is 9.90 Å². The molecular formula is C12H14N3O2-. The van der Waals surface area contributed by atoms with Gasteiger partial charge in [-0.3, -0.25) is 0 Å². The highest BCUT2D eigenvalue weighted by Crippen LogP contribution is 2.16. The van der Waals surface area contributed by atoms with Crippen molar-refractivity contribution in [3.8, 4) is 0 Å². The molecule has 0 aromatic carbocycles. The van der Waals surface area contributed by atoms with Crippen LogP contribution in [0.25, 0.3) is 5.65 Å². The Labute approximate surface area is 99.1 Å². The quantitative estimate of drug-likeness (QED) is 0.765. The highest BCUT2D eigenvalue weighted by Gasteiger charge is 2.10. The molecule has 0 fully saturated rings. The van der Waals surface area contributed by atoms with Crippen LogP contribution in [-0.2, 0) is 11.2 Å². The zero-order valence-electron chi connectivity index (χ0n) is 10.1. The molecule has 0 aliphatic rings. The van der Waals surface area contributed by atoms with Crippen molar-refractivity contribution in [1.82, 2.24) is 14.6 Å². The van der Waals surface area contributed by atoms with Gasteiger partial charge in [0.2, 0.25) is 0 Å². The molecule has 5 heteroatoms. The Balaban J connectivity index is 2.51. The molecule has 0 amide bonds. The van der Waals surface area contributed by atoms with Crippen LogP contribution in [0.1, 0.15) is 29.1 Å². The van der Waals surface area contributed by atoms with Gasteiger partial charge in [0.1, 0.15) is 0 Å². The maximum absolute atomic E-state index is 10.5. The number of aliphatic carboxylic acids is 1. The zero-order valence-corrected chi connectivity index (χ0v) is 10.1. The number of carboxylic acids is 1. The number of carbonyl (C=O) groups is 1. The van der Waals surface area contributed by atoms with E-state index in [1.807, 2.05) is 26.8 Å². The SMILES string of the molecule is Cc1cc2nc(C)c(CCC(=O)[O-])c(C)n2n1. The summed E-state index contributed by atoms with van der Waals surface area (Å²) in [6.45, 7) is 5.73. The molecule has 2 aromatic rings. The van der Waals surface area contributed by atoms with E-state index in [1.54, 1.807) is 4.52 Å². The molecule has 17 heavy (non-hydrogen) atoms. The number of carbonyl (C=O) groups excluding carboxylic acids is 1. The van der Waals surface area contributed by atoms with E-state index in [9.17, 15) is 9.90 Å². The van der Waals surface area contributed by atoms with Crippen molar-refractivity contribution < 1.29 is 9.90 Å². The molecule has 5 nitrogen and oxygen atoms in total. The lowest BCUT2D eigenvalue weighted by Crippen LogP contribution is -2.23. The standard InChI is InChI=1S/C12H15N3O2/c1-7-6-11-13-8(2)10(4-5-12(16)17)9(3)15(11)14-7/h6H,4-5H2,1-3H3,(H,16,17)/p-1. The topological polar surface area (TPSA) is 70.3 Å². The normalized spacial score (nSPS) is 11.0. The summed E-state index contributed by atoms with van der Waals surface area (Å²) >= 11 is 0. The summed E-state index contributed by atoms with van der Waals surface area (Å²) in [5.74, 6) is -1.04. The highest BCUT2D eigenvalue weighted by atomic mass is 16.4. The predicted octanol–water partition coefficient (Wildman–Crippen LogP) is 0.337. The number of nitrogens with zero attached hydrogens (tertiary/aromatic N) is 3. The summed E-state index contributed by atoms with van der Waals surface area (Å²) in [5.41, 5.74) is 4.44. The van der Waals surface area contributed by atoms with Crippen molar-refractivity contribution in [2.75, 3.05) is 0 Å². The van der Waals surface area contributed by atoms with Gasteiger partial charge in [0.25, 0.3) is 0 Å². The molecule has 0 radical (unpaired) electrons. The summed E-state index contributed by atoms with van der Waals surface area (Å²) in [6.07, 6.45) is 0.441. The van der Waals surface area contributed by atoms with Gasteiger partial charge in [-0.15, -0.1) is 0 Å². The van der Waals surface area contributed by atoms with E-state index in [0.717, 1.165) is 28.3 Å². The van der Waals surface area contributed by atoms with Crippen molar-refractivity contribution in [2.45, 2.75) is 33.6 Å². The van der Waals surface area contributed by atoms with Crippen molar-refractivity contribution in [2.24, 2.45) is 0 Å². The second kappa shape index (κ2) is 4.16. The third kappa shape index (κ3) is 2.13. The first-order chi connectivity index (χ1) is 7.99. The molecule has 0 bridgehead atoms. The van der Waals surface area contributed by atoms with Crippen LogP contribution in [0, 0.1) is 20.8 Å². The minimum absolute atomic E-state index is 0.00905. The van der Waals surface area contributed by atoms with Gasteiger partial charge in [-0.05, 0) is 39.2 Å². The number of carboxylic acid groups (broad SMARTS) is 1. The monoisotopic (exact) mass is 232 g/mol. The van der Waals surface area contributed by atoms with Gasteiger partial charge >= 0.3 is 0 Å². The van der Waals surface area contributed by atoms with Crippen LogP contribution in [-0.4, -0.2) is 20.6 Å². The second-order valence-electron chi connectivity index (χ2n) is 4.19. The smallest absolute Gasteiger partial charge is 0.155 e. The van der Waals surface area contributed by atoms with E-state index in [0.29, 0.717) is 6.42 Å². The Hall–Kier alpha value is -1.91. The second-order valence-corrected chi connectivity index (χ2v) is 4.19. The van der Waals surface area contributed by atoms with Gasteiger partial charge in [-0.2, -0.15) is 5.10 Å². The average Bonchev–Trinajstić information content (AvgIpc) is 2.58. The Kier molecular flexibility index (Phi) is 2.83. The number of hydrogen-bond acceptors (Lipinski definition) is 4. The molecule has 0 saturated heterocycles. The Morgan fingerprint density at radius 1 is 1.41 bits per heavy atom. The summed E-state index contributed by atoms with van der Waals surface area (Å²) in [4.78, 5) is 14.9. The fraction of sp³-hybridized carbons (Fsp3) is 0.417. The maximum Gasteiger partial charge on any atom is 0.155 e. The Morgan fingerprint density at radius 3 is 2.76 bits per heavy atom. The molecule has 0 aliphatic heterocycles. The zero-order chi connectivity index (χ0) is 12.6. The van der Waals surface area contributed by atoms with Crippen molar-refractivity contribution in [3.63, 3.8) is 0 Å². The van der Waals surface area contributed by atoms with Crippen LogP contribution in [0.4, 0.5) is 0 Å². The largest absolute Gasteiger partial charge is 0.550 e. The van der Waals surface area contributed by atoms with E-state index in [-0.39, 0.29) is 6.42 Å². The van der Waals surface area contributed by atoms with E-state index >= 15 is 0 Å². The van der Waals surface area contributed by atoms with Crippen molar-refractivity contribution in [3.05, 3.63) is 28.7 Å². The van der Waals surface area contributed by atoms with E-state index in [4.69, 9.17) is 0 Å². The molecule has 2 heterocycles. The van der Waals surface area contributed by atoms with Crippen molar-refractivity contribution in [1.29, 1.82) is 0 Å². The summed E-state index contributed by atoms with van der Waals surface area (Å²) in [5, 5.41) is 14.8. The Morgan fingerprint density at radius 2 is 2.12 bits per heavy atom. The first-order valence-electron chi connectivity index (χ1n) is 5.51. The number of aryl methyl sites for hydroxylation is 3. The van der Waals surface area contributed by atoms with E-state index in [2.05, 4.69) is 10.1 Å². The van der Waals surface area contributed by atoms with Gasteiger partial charge in [0.05, 0.1) is 5.69 Å². The number of hydrogen-bond donors (Lipinski definition) is 0. The fourth-order valence-electron chi connectivity index (χ4n) is 2.03. The molecule has 2 aromatic heterocycles. The number of aromatic nitrogens is 3. The first kappa shape index (κ1) is 11.6. The first-order valence-corrected chi connectivity index (χ1v) is 5.51. The van der Waals surface area contributed by atoms with Crippen LogP contribution in [0.3, 0.4) is 0 Å². The van der Waals surface area contributed by atoms with Gasteiger partial charge in [-0.1, -0.05) is 0 Å². The number of fused-ring (bicyclic) bond motifs is 1. The molecule has 0 spiro atoms. The van der Waals surface area contributed by atoms with E-state index < -0.39 is 5.97 Å². The van der Waals surface area contributed by atoms with Gasteiger partial charge in [0.15, 0.2) is 5.65 Å². The van der Waals surface area contributed by atoms with Crippen LogP contribution in [0.5, 0.6) is 0 Å². The summed E-state index contributed by atoms with van der Waals surface area (Å²) in [7, 11) is 0. The summed E-state index contributed by atoms with van der Waals surface area (Å²) < 4.78 is 1.76. The van der Waals surface area contributed by atoms with Crippen LogP contribution in [0.2, 0.25) is 0 Å². The number of rotatable bonds is 3. The molecule has 2 rings (SSSR count). The third-order valence-electron chi connectivity index (χ3n) is 2.87. The van der Waals surface area contributed by atoms with Crippen LogP contribution >= 0.6 is 0 Å². The van der Waals surface area contributed by atoms with Crippen molar-refractivity contribution >= 4 is 11.6 Å². The van der Waals surface area contributed by atoms with Crippen LogP contribution < -0.4 is 5.11 Å². The minimum Gasteiger partial charge on any atom is -0.550 e. The maximum atomic E-state index is 10.5. The molecule has 0 saturated carbocycles. The lowest BCUT2D eigenvalue weighted by molar-refractivity contribution is -0.305. The highest BCUT2D eigenvalue weighted by molar-refractivity contribution is 5.64. The average molecular weight is 232 g/mol. The van der Waals surface area contributed by atoms with Gasteiger partial charge in [-0.25, -0.2) is 9.50 Å². The van der Waals surface area contributed by atoms with Crippen LogP contribution in [0.15, 0.2) is 6.07 Å². The summed E-state index contributed by atoms with van der Waals surface area (Å²) in [6, 6.07) is 1.91. The molecule has 0 atom stereocenters. The lowest BCUT2D eigenvalue weighted by atomic mass is 10.1. The molecule has 0 unspecified atom stereocenters. The Bertz CT molecular complexity index is 587. The third-order valence-corrected chi connectivity index (χ3v) is 2.87. The molecule has 0 N–H and O–H groups in total. The molecule has 0 aliphatic carbocycles. The minimum atomic E-state index is -1.04. The molecule has 90 valence electrons. The van der Waals surface area contributed by atoms with E-state index in [1.165, 1.54) is 0 Å². The molecular weight excluding hydrogens is 218 g/mol.